The molecule has 1 saturated heterocycles. The molecule has 0 bridgehead atoms. The number of ether oxygens (including phenoxy) is 1. The van der Waals surface area contributed by atoms with Crippen molar-refractivity contribution < 1.29 is 14.3 Å². The average Bonchev–Trinajstić information content (AvgIpc) is 2.58. The molecule has 2 amide bonds. The molecule has 1 aromatic rings. The molecule has 1 aromatic carbocycles. The Morgan fingerprint density at radius 1 is 1.13 bits per heavy atom. The molecule has 23 heavy (non-hydrogen) atoms. The second-order valence-electron chi connectivity index (χ2n) is 4.99. The van der Waals surface area contributed by atoms with E-state index < -0.39 is 0 Å². The summed E-state index contributed by atoms with van der Waals surface area (Å²) in [7, 11) is 0. The third-order valence-electron chi connectivity index (χ3n) is 3.31. The second kappa shape index (κ2) is 10.8. The van der Waals surface area contributed by atoms with Crippen LogP contribution in [0.2, 0.25) is 0 Å². The second-order valence-corrected chi connectivity index (χ2v) is 4.99. The Morgan fingerprint density at radius 2 is 1.83 bits per heavy atom. The van der Waals surface area contributed by atoms with E-state index in [1.54, 1.807) is 6.08 Å². The summed E-state index contributed by atoms with van der Waals surface area (Å²) in [6, 6.07) is 9.48. The fourth-order valence-corrected chi connectivity index (χ4v) is 2.06. The van der Waals surface area contributed by atoms with Gasteiger partial charge in [-0.3, -0.25) is 25.3 Å². The van der Waals surface area contributed by atoms with Crippen molar-refractivity contribution in [2.75, 3.05) is 32.8 Å². The lowest BCUT2D eigenvalue weighted by molar-refractivity contribution is -0.127. The van der Waals surface area contributed by atoms with Crippen LogP contribution in [0.25, 0.3) is 6.08 Å². The van der Waals surface area contributed by atoms with E-state index in [4.69, 9.17) is 4.74 Å². The standard InChI is InChI=1S/C16H21N3O3.ClH/c20-15(7-6-14-4-2-1-3-5-14)17-18-16(21)8-9-19-10-12-22-13-11-19;/h1-7H,8-13H2,(H,17,20)(H,18,21);1H. The first-order valence-corrected chi connectivity index (χ1v) is 7.36. The molecule has 0 aliphatic carbocycles. The SMILES string of the molecule is Cl.O=C(C=Cc1ccccc1)NNC(=O)CCN1CCOCC1. The third-order valence-corrected chi connectivity index (χ3v) is 3.31. The number of rotatable bonds is 5. The van der Waals surface area contributed by atoms with Gasteiger partial charge in [0.25, 0.3) is 5.91 Å². The van der Waals surface area contributed by atoms with Crippen LogP contribution in [0.4, 0.5) is 0 Å². The average molecular weight is 340 g/mol. The molecule has 6 nitrogen and oxygen atoms in total. The number of morpholine rings is 1. The molecule has 0 atom stereocenters. The Morgan fingerprint density at radius 3 is 2.52 bits per heavy atom. The highest BCUT2D eigenvalue weighted by Gasteiger charge is 2.11. The Kier molecular flexibility index (Phi) is 8.97. The molecule has 1 aliphatic heterocycles. The van der Waals surface area contributed by atoms with E-state index in [0.717, 1.165) is 18.7 Å². The summed E-state index contributed by atoms with van der Waals surface area (Å²) in [4.78, 5) is 25.4. The first-order chi connectivity index (χ1) is 10.7. The maximum absolute atomic E-state index is 11.7. The highest BCUT2D eigenvalue weighted by atomic mass is 35.5. The van der Waals surface area contributed by atoms with Gasteiger partial charge < -0.3 is 4.74 Å². The van der Waals surface area contributed by atoms with Gasteiger partial charge in [0.15, 0.2) is 0 Å². The van der Waals surface area contributed by atoms with E-state index in [0.29, 0.717) is 26.2 Å². The van der Waals surface area contributed by atoms with Crippen LogP contribution in [0.1, 0.15) is 12.0 Å². The molecule has 1 heterocycles. The molecule has 0 radical (unpaired) electrons. The molecule has 2 rings (SSSR count). The number of carbonyl (C=O) groups is 2. The number of nitrogens with one attached hydrogen (secondary N) is 2. The molecular weight excluding hydrogens is 318 g/mol. The summed E-state index contributed by atoms with van der Waals surface area (Å²) >= 11 is 0. The molecular formula is C16H22ClN3O3. The Labute approximate surface area is 142 Å². The molecule has 0 unspecified atom stereocenters. The summed E-state index contributed by atoms with van der Waals surface area (Å²) in [5.74, 6) is -0.559. The lowest BCUT2D eigenvalue weighted by atomic mass is 10.2. The van der Waals surface area contributed by atoms with Gasteiger partial charge in [-0.05, 0) is 11.6 Å². The van der Waals surface area contributed by atoms with Crippen LogP contribution in [-0.4, -0.2) is 49.6 Å². The van der Waals surface area contributed by atoms with E-state index in [1.807, 2.05) is 30.3 Å². The fourth-order valence-electron chi connectivity index (χ4n) is 2.06. The summed E-state index contributed by atoms with van der Waals surface area (Å²) in [6.45, 7) is 3.79. The molecule has 0 spiro atoms. The van der Waals surface area contributed by atoms with Gasteiger partial charge in [-0.25, -0.2) is 0 Å². The van der Waals surface area contributed by atoms with E-state index >= 15 is 0 Å². The zero-order valence-electron chi connectivity index (χ0n) is 12.9. The van der Waals surface area contributed by atoms with Crippen molar-refractivity contribution in [2.45, 2.75) is 6.42 Å². The largest absolute Gasteiger partial charge is 0.379 e. The monoisotopic (exact) mass is 339 g/mol. The van der Waals surface area contributed by atoms with Crippen molar-refractivity contribution in [2.24, 2.45) is 0 Å². The zero-order valence-corrected chi connectivity index (χ0v) is 13.7. The van der Waals surface area contributed by atoms with E-state index in [9.17, 15) is 9.59 Å². The van der Waals surface area contributed by atoms with Crippen LogP contribution in [0, 0.1) is 0 Å². The molecule has 0 aromatic heterocycles. The minimum Gasteiger partial charge on any atom is -0.379 e. The number of amides is 2. The van der Waals surface area contributed by atoms with Crippen molar-refractivity contribution in [3.8, 4) is 0 Å². The predicted molar refractivity (Wildman–Crippen MR) is 90.9 cm³/mol. The summed E-state index contributed by atoms with van der Waals surface area (Å²) in [5, 5.41) is 0. The number of hydrazine groups is 1. The molecule has 2 N–H and O–H groups in total. The molecule has 126 valence electrons. The van der Waals surface area contributed by atoms with Crippen LogP contribution in [0.15, 0.2) is 36.4 Å². The van der Waals surface area contributed by atoms with Gasteiger partial charge in [0.05, 0.1) is 13.2 Å². The van der Waals surface area contributed by atoms with Crippen LogP contribution < -0.4 is 10.9 Å². The number of hydrogen-bond donors (Lipinski definition) is 2. The minimum atomic E-state index is -0.358. The zero-order chi connectivity index (χ0) is 15.6. The fraction of sp³-hybridized carbons (Fsp3) is 0.375. The van der Waals surface area contributed by atoms with E-state index in [1.165, 1.54) is 6.08 Å². The van der Waals surface area contributed by atoms with E-state index in [2.05, 4.69) is 15.8 Å². The number of halogens is 1. The normalized spacial score (nSPS) is 15.0. The summed E-state index contributed by atoms with van der Waals surface area (Å²) < 4.78 is 5.24. The van der Waals surface area contributed by atoms with Crippen molar-refractivity contribution in [3.63, 3.8) is 0 Å². The highest BCUT2D eigenvalue weighted by Crippen LogP contribution is 2.00. The number of carbonyl (C=O) groups excluding carboxylic acids is 2. The van der Waals surface area contributed by atoms with Crippen molar-refractivity contribution >= 4 is 30.3 Å². The highest BCUT2D eigenvalue weighted by molar-refractivity contribution is 5.93. The first-order valence-electron chi connectivity index (χ1n) is 7.36. The molecule has 1 aliphatic rings. The van der Waals surface area contributed by atoms with Crippen molar-refractivity contribution in [1.82, 2.24) is 15.8 Å². The number of nitrogens with zero attached hydrogens (tertiary/aromatic N) is 1. The Balaban J connectivity index is 0.00000264. The molecule has 0 saturated carbocycles. The smallest absolute Gasteiger partial charge is 0.262 e. The Hall–Kier alpha value is -1.89. The lowest BCUT2D eigenvalue weighted by Gasteiger charge is -2.26. The lowest BCUT2D eigenvalue weighted by Crippen LogP contribution is -2.43. The first kappa shape index (κ1) is 19.2. The topological polar surface area (TPSA) is 70.7 Å². The van der Waals surface area contributed by atoms with Crippen LogP contribution in [0.3, 0.4) is 0 Å². The van der Waals surface area contributed by atoms with Gasteiger partial charge >= 0.3 is 0 Å². The van der Waals surface area contributed by atoms with Crippen molar-refractivity contribution in [3.05, 3.63) is 42.0 Å². The quantitative estimate of drug-likeness (QED) is 0.620. The van der Waals surface area contributed by atoms with Gasteiger partial charge in [0.1, 0.15) is 0 Å². The maximum atomic E-state index is 11.7. The van der Waals surface area contributed by atoms with E-state index in [-0.39, 0.29) is 24.2 Å². The third kappa shape index (κ3) is 7.78. The van der Waals surface area contributed by atoms with Crippen LogP contribution >= 0.6 is 12.4 Å². The van der Waals surface area contributed by atoms with Crippen LogP contribution in [-0.2, 0) is 14.3 Å². The summed E-state index contributed by atoms with van der Waals surface area (Å²) in [5.41, 5.74) is 5.71. The predicted octanol–water partition coefficient (Wildman–Crippen LogP) is 0.991. The van der Waals surface area contributed by atoms with Crippen LogP contribution in [0.5, 0.6) is 0 Å². The maximum Gasteiger partial charge on any atom is 0.262 e. The van der Waals surface area contributed by atoms with Crippen molar-refractivity contribution in [1.29, 1.82) is 0 Å². The van der Waals surface area contributed by atoms with Gasteiger partial charge in [-0.1, -0.05) is 30.3 Å². The molecule has 1 fully saturated rings. The van der Waals surface area contributed by atoms with Gasteiger partial charge in [0.2, 0.25) is 5.91 Å². The Bertz CT molecular complexity index is 517. The minimum absolute atomic E-state index is 0. The number of benzene rings is 1. The summed E-state index contributed by atoms with van der Waals surface area (Å²) in [6.07, 6.45) is 3.43. The molecule has 7 heteroatoms. The van der Waals surface area contributed by atoms with Gasteiger partial charge in [-0.2, -0.15) is 0 Å². The van der Waals surface area contributed by atoms with Gasteiger partial charge in [0, 0.05) is 32.1 Å². The number of hydrogen-bond acceptors (Lipinski definition) is 4. The van der Waals surface area contributed by atoms with Gasteiger partial charge in [-0.15, -0.1) is 12.4 Å².